The van der Waals surface area contributed by atoms with E-state index in [1.54, 1.807) is 0 Å². The number of hydrogen-bond donors (Lipinski definition) is 0. The first-order valence-electron chi connectivity index (χ1n) is 20.6. The Morgan fingerprint density at radius 2 is 0.707 bits per heavy atom. The summed E-state index contributed by atoms with van der Waals surface area (Å²) in [5.74, 6) is 1.11. The predicted molar refractivity (Wildman–Crippen MR) is 248 cm³/mol. The molecule has 0 atom stereocenters. The van der Waals surface area contributed by atoms with E-state index in [1.165, 1.54) is 77.2 Å². The van der Waals surface area contributed by atoms with E-state index >= 15 is 0 Å². The Hall–Kier alpha value is -2.45. The van der Waals surface area contributed by atoms with Crippen molar-refractivity contribution >= 4 is 21.5 Å². The zero-order valence-corrected chi connectivity index (χ0v) is 43.9. The largest absolute Gasteiger partial charge is 1.00 e. The maximum atomic E-state index is 3.38. The van der Waals surface area contributed by atoms with Crippen molar-refractivity contribution in [3.8, 4) is 22.3 Å². The molecule has 0 heterocycles. The van der Waals surface area contributed by atoms with E-state index in [-0.39, 0.29) is 72.3 Å². The summed E-state index contributed by atoms with van der Waals surface area (Å²) in [6.45, 7) is 43.5. The van der Waals surface area contributed by atoms with Gasteiger partial charge < -0.3 is 45.1 Å². The number of fused-ring (bicyclic) bond motifs is 2. The van der Waals surface area contributed by atoms with Crippen LogP contribution < -0.4 is 24.8 Å². The summed E-state index contributed by atoms with van der Waals surface area (Å²) >= 11 is 0. The molecule has 0 saturated heterocycles. The molecule has 58 heavy (non-hydrogen) atoms. The molecule has 0 fully saturated rings. The minimum atomic E-state index is 0. The summed E-state index contributed by atoms with van der Waals surface area (Å²) in [6.07, 6.45) is 0.750. The third kappa shape index (κ3) is 13.3. The van der Waals surface area contributed by atoms with Gasteiger partial charge in [0.05, 0.1) is 0 Å². The van der Waals surface area contributed by atoms with Crippen molar-refractivity contribution in [1.82, 2.24) is 0 Å². The first-order chi connectivity index (χ1) is 25.3. The van der Waals surface area contributed by atoms with Gasteiger partial charge in [-0.25, -0.2) is 0 Å². The molecule has 6 aromatic carbocycles. The molecule has 0 aliphatic rings. The number of hydrogen-bond acceptors (Lipinski definition) is 0. The van der Waals surface area contributed by atoms with Gasteiger partial charge in [-0.2, -0.15) is 12.1 Å². The molecule has 0 aromatic heterocycles. The zero-order valence-electron chi connectivity index (χ0n) is 38.8. The van der Waals surface area contributed by atoms with Gasteiger partial charge in [0.1, 0.15) is 0 Å². The Labute approximate surface area is 386 Å². The molecule has 0 N–H and O–H groups in total. The van der Waals surface area contributed by atoms with Crippen LogP contribution in [0.2, 0.25) is 0 Å². The molecule has 0 amide bonds. The maximum absolute atomic E-state index is 3.38. The molecule has 0 aliphatic heterocycles. The molecule has 0 aliphatic carbocycles. The second kappa shape index (κ2) is 20.9. The van der Waals surface area contributed by atoms with Crippen LogP contribution in [0.25, 0.3) is 43.8 Å². The van der Waals surface area contributed by atoms with Gasteiger partial charge in [-0.15, -0.1) is 69.1 Å². The van der Waals surface area contributed by atoms with Crippen LogP contribution in [0.4, 0.5) is 0 Å². The maximum Gasteiger partial charge on any atom is 0 e. The fraction of sp³-hybridized carbons (Fsp3) is 0.418. The normalized spacial score (nSPS) is 11.9. The summed E-state index contributed by atoms with van der Waals surface area (Å²) in [7, 11) is 0. The Balaban J connectivity index is 0.000000518. The minimum Gasteiger partial charge on any atom is -1.00 e. The van der Waals surface area contributed by atoms with Gasteiger partial charge in [0, 0.05) is 25.8 Å². The minimum absolute atomic E-state index is 0. The standard InChI is InChI=1S/2C26H33.C3H6.2ClH.Hf/c2*1-17(2)19-12-18-10-9-11-23(24(18)15-19)20-13-21(25(3,4)5)16-22(14-20)26(6,7)8;1-3-2;;;/h2*9-17H,1-8H3;1-3H2;2*1H;/q2*-1;-2;;;/p-2. The summed E-state index contributed by atoms with van der Waals surface area (Å²) in [4.78, 5) is 0. The monoisotopic (exact) mass is 982 g/mol. The van der Waals surface area contributed by atoms with Crippen molar-refractivity contribution in [2.45, 2.75) is 151 Å². The van der Waals surface area contributed by atoms with Crippen LogP contribution in [-0.2, 0) is 47.5 Å². The van der Waals surface area contributed by atoms with E-state index < -0.39 is 0 Å². The molecule has 0 nitrogen and oxygen atoms in total. The van der Waals surface area contributed by atoms with Gasteiger partial charge in [0.2, 0.25) is 0 Å². The fourth-order valence-corrected chi connectivity index (χ4v) is 6.98. The van der Waals surface area contributed by atoms with Crippen molar-refractivity contribution < 1.29 is 50.7 Å². The third-order valence-electron chi connectivity index (χ3n) is 10.8. The quantitative estimate of drug-likeness (QED) is 0.122. The second-order valence-corrected chi connectivity index (χ2v) is 20.5. The average molecular weight is 983 g/mol. The van der Waals surface area contributed by atoms with Crippen molar-refractivity contribution in [3.05, 3.63) is 144 Å². The van der Waals surface area contributed by atoms with Gasteiger partial charge in [-0.05, 0) is 66.9 Å². The van der Waals surface area contributed by atoms with Crippen LogP contribution in [-0.4, -0.2) is 0 Å². The van der Waals surface area contributed by atoms with Crippen LogP contribution in [0.5, 0.6) is 0 Å². The molecule has 0 saturated carbocycles. The van der Waals surface area contributed by atoms with Gasteiger partial charge in [-0.1, -0.05) is 170 Å². The predicted octanol–water partition coefficient (Wildman–Crippen LogP) is 10.9. The van der Waals surface area contributed by atoms with Gasteiger partial charge in [0.25, 0.3) is 0 Å². The summed E-state index contributed by atoms with van der Waals surface area (Å²) < 4.78 is 0. The van der Waals surface area contributed by atoms with E-state index in [0.29, 0.717) is 11.8 Å². The van der Waals surface area contributed by atoms with Crippen molar-refractivity contribution in [3.63, 3.8) is 0 Å². The van der Waals surface area contributed by atoms with E-state index in [9.17, 15) is 0 Å². The van der Waals surface area contributed by atoms with E-state index in [0.717, 1.165) is 6.42 Å². The van der Waals surface area contributed by atoms with Crippen LogP contribution in [0.1, 0.15) is 162 Å². The molecular weight excluding hydrogens is 910 g/mol. The van der Waals surface area contributed by atoms with Gasteiger partial charge in [0.15, 0.2) is 0 Å². The van der Waals surface area contributed by atoms with Crippen LogP contribution in [0.15, 0.2) is 97.1 Å². The molecule has 6 aromatic rings. The van der Waals surface area contributed by atoms with E-state index in [4.69, 9.17) is 0 Å². The Bertz CT molecular complexity index is 1970. The van der Waals surface area contributed by atoms with Gasteiger partial charge >= 0.3 is 0 Å². The summed E-state index contributed by atoms with van der Waals surface area (Å²) in [6, 6.07) is 37.3. The molecular formula is C55H72Cl2Hf-6. The van der Waals surface area contributed by atoms with Crippen molar-refractivity contribution in [2.24, 2.45) is 0 Å². The first kappa shape index (κ1) is 53.6. The second-order valence-electron chi connectivity index (χ2n) is 20.5. The number of halogens is 2. The van der Waals surface area contributed by atoms with E-state index in [2.05, 4.69) is 222 Å². The van der Waals surface area contributed by atoms with E-state index in [1.807, 2.05) is 0 Å². The topological polar surface area (TPSA) is 0 Å². The Morgan fingerprint density at radius 1 is 0.448 bits per heavy atom. The number of rotatable bonds is 4. The fourth-order valence-electron chi connectivity index (χ4n) is 6.98. The Kier molecular flexibility index (Phi) is 19.3. The third-order valence-corrected chi connectivity index (χ3v) is 10.8. The molecule has 0 unspecified atom stereocenters. The SMILES string of the molecule is CC(C)c1cc2c(-c3cc(C(C)(C)C)cc(C(C)(C)C)c3)cccc2[cH-]1.CC(C)c1cc2c(-c3cc(C(C)(C)C)cc(C(C)(C)C)c3)cccc2[cH-]1.[CH2-]C[CH2-].[Cl-].[Cl-].[Hf]. The van der Waals surface area contributed by atoms with Crippen molar-refractivity contribution in [1.29, 1.82) is 0 Å². The van der Waals surface area contributed by atoms with Gasteiger partial charge in [-0.3, -0.25) is 0 Å². The molecule has 0 radical (unpaired) electrons. The van der Waals surface area contributed by atoms with Crippen molar-refractivity contribution in [2.75, 3.05) is 0 Å². The molecule has 0 spiro atoms. The molecule has 6 rings (SSSR count). The smallest absolute Gasteiger partial charge is 0 e. The molecule has 3 heteroatoms. The first-order valence-corrected chi connectivity index (χ1v) is 20.6. The van der Waals surface area contributed by atoms with Crippen LogP contribution >= 0.6 is 0 Å². The Morgan fingerprint density at radius 3 is 0.931 bits per heavy atom. The van der Waals surface area contributed by atoms with Crippen LogP contribution in [0, 0.1) is 13.8 Å². The zero-order chi connectivity index (χ0) is 41.3. The average Bonchev–Trinajstić information content (AvgIpc) is 3.72. The van der Waals surface area contributed by atoms with Crippen LogP contribution in [0.3, 0.4) is 0 Å². The summed E-state index contributed by atoms with van der Waals surface area (Å²) in [5.41, 5.74) is 14.4. The summed E-state index contributed by atoms with van der Waals surface area (Å²) in [5, 5.41) is 5.46. The number of benzene rings is 4. The molecule has 316 valence electrons. The molecule has 0 bridgehead atoms.